The van der Waals surface area contributed by atoms with Crippen LogP contribution < -0.4 is 16.0 Å². The van der Waals surface area contributed by atoms with Crippen LogP contribution in [0.3, 0.4) is 0 Å². The number of nitrogens with zero attached hydrogens (tertiary/aromatic N) is 1. The van der Waals surface area contributed by atoms with Crippen molar-refractivity contribution in [3.8, 4) is 0 Å². The van der Waals surface area contributed by atoms with Crippen LogP contribution in [0.2, 0.25) is 0 Å². The fraction of sp³-hybridized carbons (Fsp3) is 0.579. The number of rotatable bonds is 7. The highest BCUT2D eigenvalue weighted by Gasteiger charge is 2.22. The second-order valence-electron chi connectivity index (χ2n) is 7.18. The van der Waals surface area contributed by atoms with Gasteiger partial charge in [0, 0.05) is 17.8 Å². The third kappa shape index (κ3) is 6.84. The van der Waals surface area contributed by atoms with E-state index in [1.165, 1.54) is 0 Å². The Balaban J connectivity index is 1.79. The smallest absolute Gasteiger partial charge is 0.238 e. The lowest BCUT2D eigenvalue weighted by atomic mass is 9.84. The molecular formula is C19H30N4O2. The highest BCUT2D eigenvalue weighted by Crippen LogP contribution is 2.24. The molecule has 2 rings (SSSR count). The van der Waals surface area contributed by atoms with Crippen molar-refractivity contribution >= 4 is 23.2 Å². The van der Waals surface area contributed by atoms with Gasteiger partial charge in [0.15, 0.2) is 0 Å². The summed E-state index contributed by atoms with van der Waals surface area (Å²) in [6, 6.07) is 7.25. The van der Waals surface area contributed by atoms with Gasteiger partial charge in [0.05, 0.1) is 6.54 Å². The van der Waals surface area contributed by atoms with E-state index in [4.69, 9.17) is 0 Å². The zero-order chi connectivity index (χ0) is 18.2. The first-order valence-electron chi connectivity index (χ1n) is 8.99. The molecule has 0 spiro atoms. The molecular weight excluding hydrogens is 316 g/mol. The molecule has 0 bridgehead atoms. The average molecular weight is 346 g/mol. The Labute approximate surface area is 150 Å². The molecule has 1 aliphatic heterocycles. The second-order valence-corrected chi connectivity index (χ2v) is 7.18. The summed E-state index contributed by atoms with van der Waals surface area (Å²) in [5.74, 6) is 1.01. The Morgan fingerprint density at radius 1 is 1.08 bits per heavy atom. The Bertz CT molecular complexity index is 565. The maximum absolute atomic E-state index is 12.2. The van der Waals surface area contributed by atoms with Crippen molar-refractivity contribution in [3.05, 3.63) is 24.3 Å². The van der Waals surface area contributed by atoms with Crippen molar-refractivity contribution in [1.82, 2.24) is 10.2 Å². The second kappa shape index (κ2) is 9.53. The number of benzene rings is 1. The van der Waals surface area contributed by atoms with Crippen LogP contribution in [-0.4, -0.2) is 50.4 Å². The number of nitrogens with one attached hydrogen (secondary N) is 3. The molecule has 1 aliphatic rings. The maximum Gasteiger partial charge on any atom is 0.238 e. The van der Waals surface area contributed by atoms with Gasteiger partial charge in [0.2, 0.25) is 11.8 Å². The van der Waals surface area contributed by atoms with Crippen molar-refractivity contribution in [2.24, 2.45) is 11.8 Å². The SMILES string of the molecule is CC(CC(=O)Nc1ccc(NC(=O)CN(C)C)cc1)C1CCNCC1. The maximum atomic E-state index is 12.2. The molecule has 138 valence electrons. The molecule has 1 saturated heterocycles. The van der Waals surface area contributed by atoms with Gasteiger partial charge < -0.3 is 20.9 Å². The minimum Gasteiger partial charge on any atom is -0.326 e. The molecule has 0 radical (unpaired) electrons. The van der Waals surface area contributed by atoms with Gasteiger partial charge in [0.25, 0.3) is 0 Å². The van der Waals surface area contributed by atoms with Gasteiger partial charge in [-0.2, -0.15) is 0 Å². The minimum absolute atomic E-state index is 0.0513. The molecule has 6 heteroatoms. The third-order valence-corrected chi connectivity index (χ3v) is 4.61. The van der Waals surface area contributed by atoms with E-state index < -0.39 is 0 Å². The highest BCUT2D eigenvalue weighted by molar-refractivity contribution is 5.93. The van der Waals surface area contributed by atoms with E-state index in [9.17, 15) is 9.59 Å². The van der Waals surface area contributed by atoms with Gasteiger partial charge in [-0.3, -0.25) is 9.59 Å². The van der Waals surface area contributed by atoms with E-state index in [0.717, 1.165) is 37.3 Å². The van der Waals surface area contributed by atoms with E-state index in [1.54, 1.807) is 12.1 Å². The Morgan fingerprint density at radius 3 is 2.12 bits per heavy atom. The average Bonchev–Trinajstić information content (AvgIpc) is 2.56. The van der Waals surface area contributed by atoms with Gasteiger partial charge in [-0.05, 0) is 76.1 Å². The molecule has 1 heterocycles. The zero-order valence-electron chi connectivity index (χ0n) is 15.5. The number of hydrogen-bond acceptors (Lipinski definition) is 4. The minimum atomic E-state index is -0.0578. The van der Waals surface area contributed by atoms with Crippen LogP contribution >= 0.6 is 0 Å². The fourth-order valence-electron chi connectivity index (χ4n) is 3.21. The van der Waals surface area contributed by atoms with Crippen LogP contribution in [0.4, 0.5) is 11.4 Å². The van der Waals surface area contributed by atoms with Gasteiger partial charge in [-0.25, -0.2) is 0 Å². The lowest BCUT2D eigenvalue weighted by Gasteiger charge is -2.27. The van der Waals surface area contributed by atoms with Crippen LogP contribution in [-0.2, 0) is 9.59 Å². The fourth-order valence-corrected chi connectivity index (χ4v) is 3.21. The summed E-state index contributed by atoms with van der Waals surface area (Å²) in [5, 5.41) is 9.14. The molecule has 1 aromatic carbocycles. The van der Waals surface area contributed by atoms with Gasteiger partial charge in [-0.1, -0.05) is 6.92 Å². The molecule has 3 N–H and O–H groups in total. The number of carbonyl (C=O) groups excluding carboxylic acids is 2. The first kappa shape index (κ1) is 19.4. The molecule has 1 fully saturated rings. The quantitative estimate of drug-likeness (QED) is 0.707. The molecule has 0 saturated carbocycles. The van der Waals surface area contributed by atoms with Crippen LogP contribution in [0.1, 0.15) is 26.2 Å². The lowest BCUT2D eigenvalue weighted by Crippen LogP contribution is -2.32. The summed E-state index contributed by atoms with van der Waals surface area (Å²) in [5.41, 5.74) is 1.49. The molecule has 6 nitrogen and oxygen atoms in total. The standard InChI is InChI=1S/C19H30N4O2/c1-14(15-8-10-20-11-9-15)12-18(24)21-16-4-6-17(7-5-16)22-19(25)13-23(2)3/h4-7,14-15,20H,8-13H2,1-3H3,(H,21,24)(H,22,25). The number of piperidine rings is 1. The summed E-state index contributed by atoms with van der Waals surface area (Å²) in [6.07, 6.45) is 2.84. The third-order valence-electron chi connectivity index (χ3n) is 4.61. The van der Waals surface area contributed by atoms with Gasteiger partial charge in [-0.15, -0.1) is 0 Å². The molecule has 0 aliphatic carbocycles. The van der Waals surface area contributed by atoms with E-state index in [1.807, 2.05) is 31.1 Å². The molecule has 25 heavy (non-hydrogen) atoms. The summed E-state index contributed by atoms with van der Waals surface area (Å²) in [4.78, 5) is 25.8. The van der Waals surface area contributed by atoms with Crippen LogP contribution in [0.5, 0.6) is 0 Å². The van der Waals surface area contributed by atoms with Crippen molar-refractivity contribution in [1.29, 1.82) is 0 Å². The summed E-state index contributed by atoms with van der Waals surface area (Å²) < 4.78 is 0. The van der Waals surface area contributed by atoms with E-state index >= 15 is 0 Å². The monoisotopic (exact) mass is 346 g/mol. The summed E-state index contributed by atoms with van der Waals surface area (Å²) in [6.45, 7) is 4.61. The Kier molecular flexibility index (Phi) is 7.40. The Hall–Kier alpha value is -1.92. The van der Waals surface area contributed by atoms with Crippen LogP contribution in [0, 0.1) is 11.8 Å². The molecule has 0 aromatic heterocycles. The van der Waals surface area contributed by atoms with Crippen molar-refractivity contribution < 1.29 is 9.59 Å². The van der Waals surface area contributed by atoms with Crippen LogP contribution in [0.15, 0.2) is 24.3 Å². The number of hydrogen-bond donors (Lipinski definition) is 3. The van der Waals surface area contributed by atoms with Gasteiger partial charge >= 0.3 is 0 Å². The predicted octanol–water partition coefficient (Wildman–Crippen LogP) is 2.15. The zero-order valence-corrected chi connectivity index (χ0v) is 15.5. The van der Waals surface area contributed by atoms with Crippen molar-refractivity contribution in [2.75, 3.05) is 44.4 Å². The number of anilines is 2. The Morgan fingerprint density at radius 2 is 1.60 bits per heavy atom. The normalized spacial score (nSPS) is 16.5. The molecule has 1 atom stereocenters. The van der Waals surface area contributed by atoms with E-state index in [-0.39, 0.29) is 11.8 Å². The van der Waals surface area contributed by atoms with Gasteiger partial charge in [0.1, 0.15) is 0 Å². The predicted molar refractivity (Wildman–Crippen MR) is 102 cm³/mol. The highest BCUT2D eigenvalue weighted by atomic mass is 16.2. The first-order chi connectivity index (χ1) is 11.9. The van der Waals surface area contributed by atoms with Crippen molar-refractivity contribution in [3.63, 3.8) is 0 Å². The molecule has 1 unspecified atom stereocenters. The van der Waals surface area contributed by atoms with Crippen LogP contribution in [0.25, 0.3) is 0 Å². The number of likely N-dealkylation sites (N-methyl/N-ethyl adjacent to an activating group) is 1. The lowest BCUT2D eigenvalue weighted by molar-refractivity contribution is -0.118. The summed E-state index contributed by atoms with van der Waals surface area (Å²) >= 11 is 0. The first-order valence-corrected chi connectivity index (χ1v) is 8.99. The summed E-state index contributed by atoms with van der Waals surface area (Å²) in [7, 11) is 3.70. The number of carbonyl (C=O) groups is 2. The van der Waals surface area contributed by atoms with E-state index in [0.29, 0.717) is 24.8 Å². The topological polar surface area (TPSA) is 73.5 Å². The largest absolute Gasteiger partial charge is 0.326 e. The number of amides is 2. The molecule has 1 aromatic rings. The molecule has 2 amide bonds. The van der Waals surface area contributed by atoms with Crippen molar-refractivity contribution in [2.45, 2.75) is 26.2 Å². The van der Waals surface area contributed by atoms with E-state index in [2.05, 4.69) is 22.9 Å².